The van der Waals surface area contributed by atoms with Crippen molar-refractivity contribution in [1.29, 1.82) is 0 Å². The molecule has 0 bridgehead atoms. The van der Waals surface area contributed by atoms with E-state index in [2.05, 4.69) is 79.9 Å². The first-order chi connectivity index (χ1) is 20.5. The smallest absolute Gasteiger partial charge is 0.322 e. The van der Waals surface area contributed by atoms with Crippen molar-refractivity contribution in [2.45, 2.75) is 116 Å². The summed E-state index contributed by atoms with van der Waals surface area (Å²) in [6.45, 7) is 3.90. The van der Waals surface area contributed by atoms with Gasteiger partial charge in [0.05, 0.1) is 0 Å². The number of carboxylic acids is 1. The summed E-state index contributed by atoms with van der Waals surface area (Å²) in [4.78, 5) is 34.5. The molecule has 1 amide bonds. The Morgan fingerprint density at radius 2 is 1.12 bits per heavy atom. The first-order valence-corrected chi connectivity index (χ1v) is 15.8. The van der Waals surface area contributed by atoms with Crippen LogP contribution in [-0.4, -0.2) is 35.6 Å². The van der Waals surface area contributed by atoms with Crippen LogP contribution in [0.1, 0.15) is 110 Å². The molecule has 0 aromatic carbocycles. The SMILES string of the molecule is CC/C=C\C/C=C\C/C=C\C/C=C\CCCCC(=O)OC(/C=C\C/C=C\CC)/C=C\CCCCCC(=O)NCC(=O)O. The van der Waals surface area contributed by atoms with E-state index in [1.807, 2.05) is 24.3 Å². The third-order valence-electron chi connectivity index (χ3n) is 6.03. The summed E-state index contributed by atoms with van der Waals surface area (Å²) in [5.74, 6) is -1.46. The summed E-state index contributed by atoms with van der Waals surface area (Å²) in [6.07, 6.45) is 41.7. The lowest BCUT2D eigenvalue weighted by molar-refractivity contribution is -0.145. The number of allylic oxidation sites excluding steroid dienone is 12. The maximum atomic E-state index is 12.4. The van der Waals surface area contributed by atoms with Crippen LogP contribution in [0.25, 0.3) is 0 Å². The van der Waals surface area contributed by atoms with E-state index in [1.54, 1.807) is 0 Å². The molecule has 42 heavy (non-hydrogen) atoms. The molecule has 0 aromatic rings. The van der Waals surface area contributed by atoms with Crippen molar-refractivity contribution >= 4 is 17.8 Å². The quantitative estimate of drug-likeness (QED) is 0.0604. The Labute approximate surface area is 255 Å². The number of aliphatic carboxylic acids is 1. The molecular formula is C36H55NO5. The predicted octanol–water partition coefficient (Wildman–Crippen LogP) is 8.88. The number of nitrogens with one attached hydrogen (secondary N) is 1. The van der Waals surface area contributed by atoms with E-state index in [0.29, 0.717) is 19.3 Å². The molecule has 234 valence electrons. The maximum absolute atomic E-state index is 12.4. The van der Waals surface area contributed by atoms with E-state index in [1.165, 1.54) is 0 Å². The number of rotatable bonds is 26. The number of unbranched alkanes of at least 4 members (excludes halogenated alkanes) is 5. The highest BCUT2D eigenvalue weighted by Crippen LogP contribution is 2.09. The fourth-order valence-corrected chi connectivity index (χ4v) is 3.75. The maximum Gasteiger partial charge on any atom is 0.322 e. The van der Waals surface area contributed by atoms with Crippen molar-refractivity contribution in [3.8, 4) is 0 Å². The first-order valence-electron chi connectivity index (χ1n) is 15.8. The number of ether oxygens (including phenoxy) is 1. The minimum Gasteiger partial charge on any atom is -0.480 e. The lowest BCUT2D eigenvalue weighted by atomic mass is 10.1. The Kier molecular flexibility index (Phi) is 28.1. The van der Waals surface area contributed by atoms with Crippen molar-refractivity contribution in [2.75, 3.05) is 6.54 Å². The van der Waals surface area contributed by atoms with Gasteiger partial charge in [0.1, 0.15) is 12.6 Å². The number of hydrogen-bond acceptors (Lipinski definition) is 4. The molecule has 0 spiro atoms. The highest BCUT2D eigenvalue weighted by Gasteiger charge is 2.08. The molecule has 6 heteroatoms. The van der Waals surface area contributed by atoms with Crippen molar-refractivity contribution in [3.05, 3.63) is 85.1 Å². The molecule has 0 radical (unpaired) electrons. The van der Waals surface area contributed by atoms with Crippen LogP contribution in [-0.2, 0) is 19.1 Å². The molecule has 0 aliphatic carbocycles. The fraction of sp³-hybridized carbons (Fsp3) is 0.528. The number of hydrogen-bond donors (Lipinski definition) is 2. The molecule has 0 saturated heterocycles. The average molecular weight is 582 g/mol. The standard InChI is InChI=1S/C36H55NO5/c1-3-5-7-9-10-11-12-13-14-15-16-17-18-23-27-31-36(41)42-33(28-24-20-8-6-4-2)29-25-21-19-22-26-30-34(38)37-32-35(39)40/h5-8,10-11,13-14,16-17,24-25,28-29,33H,3-4,9,12,15,18-23,26-27,30-32H2,1-2H3,(H,37,38)(H,39,40)/b7-5-,8-6-,11-10-,14-13-,17-16-,28-24-,29-25-. The number of carboxylic acid groups (broad SMARTS) is 1. The van der Waals surface area contributed by atoms with Gasteiger partial charge in [0.25, 0.3) is 0 Å². The molecule has 0 rings (SSSR count). The van der Waals surface area contributed by atoms with Gasteiger partial charge in [0, 0.05) is 12.8 Å². The Balaban J connectivity index is 4.27. The van der Waals surface area contributed by atoms with Gasteiger partial charge >= 0.3 is 11.9 Å². The summed E-state index contributed by atoms with van der Waals surface area (Å²) in [5, 5.41) is 11.0. The Bertz CT molecular complexity index is 908. The topological polar surface area (TPSA) is 92.7 Å². The zero-order chi connectivity index (χ0) is 30.9. The van der Waals surface area contributed by atoms with E-state index in [9.17, 15) is 14.4 Å². The molecule has 0 heterocycles. The van der Waals surface area contributed by atoms with Crippen LogP contribution in [0, 0.1) is 0 Å². The number of esters is 1. The minimum atomic E-state index is -1.04. The zero-order valence-electron chi connectivity index (χ0n) is 26.1. The highest BCUT2D eigenvalue weighted by molar-refractivity contribution is 5.80. The summed E-state index contributed by atoms with van der Waals surface area (Å²) >= 11 is 0. The first kappa shape index (κ1) is 38.6. The third kappa shape index (κ3) is 29.6. The van der Waals surface area contributed by atoms with Crippen molar-refractivity contribution in [3.63, 3.8) is 0 Å². The van der Waals surface area contributed by atoms with Crippen molar-refractivity contribution < 1.29 is 24.2 Å². The number of carbonyl (C=O) groups excluding carboxylic acids is 2. The lowest BCUT2D eigenvalue weighted by Gasteiger charge is -2.10. The summed E-state index contributed by atoms with van der Waals surface area (Å²) in [7, 11) is 0. The van der Waals surface area contributed by atoms with E-state index in [4.69, 9.17) is 9.84 Å². The van der Waals surface area contributed by atoms with Crippen LogP contribution in [0.3, 0.4) is 0 Å². The molecular weight excluding hydrogens is 526 g/mol. The molecule has 0 fully saturated rings. The minimum absolute atomic E-state index is 0.184. The van der Waals surface area contributed by atoms with E-state index in [0.717, 1.165) is 77.0 Å². The lowest BCUT2D eigenvalue weighted by Crippen LogP contribution is -2.28. The molecule has 2 N–H and O–H groups in total. The van der Waals surface area contributed by atoms with Gasteiger partial charge in [0.2, 0.25) is 5.91 Å². The van der Waals surface area contributed by atoms with Crippen molar-refractivity contribution in [1.82, 2.24) is 5.32 Å². The number of carbonyl (C=O) groups is 3. The monoisotopic (exact) mass is 581 g/mol. The van der Waals surface area contributed by atoms with Gasteiger partial charge in [-0.15, -0.1) is 0 Å². The normalized spacial score (nSPS) is 13.2. The molecule has 0 aliphatic heterocycles. The predicted molar refractivity (Wildman–Crippen MR) is 175 cm³/mol. The molecule has 1 unspecified atom stereocenters. The van der Waals surface area contributed by atoms with E-state index < -0.39 is 5.97 Å². The fourth-order valence-electron chi connectivity index (χ4n) is 3.75. The molecule has 0 saturated carbocycles. The Morgan fingerprint density at radius 3 is 1.74 bits per heavy atom. The second-order valence-corrected chi connectivity index (χ2v) is 9.94. The molecule has 1 atom stereocenters. The molecule has 6 nitrogen and oxygen atoms in total. The van der Waals surface area contributed by atoms with Crippen LogP contribution in [0.2, 0.25) is 0 Å². The van der Waals surface area contributed by atoms with Crippen LogP contribution in [0.15, 0.2) is 85.1 Å². The second-order valence-electron chi connectivity index (χ2n) is 9.94. The van der Waals surface area contributed by atoms with Gasteiger partial charge < -0.3 is 15.2 Å². The average Bonchev–Trinajstić information content (AvgIpc) is 2.97. The van der Waals surface area contributed by atoms with Crippen LogP contribution < -0.4 is 5.32 Å². The highest BCUT2D eigenvalue weighted by atomic mass is 16.5. The van der Waals surface area contributed by atoms with Gasteiger partial charge in [-0.25, -0.2) is 0 Å². The molecule has 0 aliphatic rings. The van der Waals surface area contributed by atoms with E-state index in [-0.39, 0.29) is 24.5 Å². The van der Waals surface area contributed by atoms with Gasteiger partial charge in [-0.3, -0.25) is 14.4 Å². The number of amides is 1. The summed E-state index contributed by atoms with van der Waals surface area (Å²) < 4.78 is 5.71. The second kappa shape index (κ2) is 30.5. The van der Waals surface area contributed by atoms with Crippen molar-refractivity contribution in [2.24, 2.45) is 0 Å². The summed E-state index contributed by atoms with van der Waals surface area (Å²) in [6, 6.07) is 0. The van der Waals surface area contributed by atoms with Gasteiger partial charge in [-0.1, -0.05) is 93.2 Å². The third-order valence-corrected chi connectivity index (χ3v) is 6.03. The van der Waals surface area contributed by atoms with Gasteiger partial charge in [-0.2, -0.15) is 0 Å². The van der Waals surface area contributed by atoms with Crippen LogP contribution in [0.5, 0.6) is 0 Å². The van der Waals surface area contributed by atoms with Crippen LogP contribution >= 0.6 is 0 Å². The van der Waals surface area contributed by atoms with Crippen LogP contribution in [0.4, 0.5) is 0 Å². The largest absolute Gasteiger partial charge is 0.480 e. The van der Waals surface area contributed by atoms with E-state index >= 15 is 0 Å². The van der Waals surface area contributed by atoms with Gasteiger partial charge in [0.15, 0.2) is 0 Å². The Morgan fingerprint density at radius 1 is 0.619 bits per heavy atom. The summed E-state index contributed by atoms with van der Waals surface area (Å²) in [5.41, 5.74) is 0. The van der Waals surface area contributed by atoms with Gasteiger partial charge in [-0.05, 0) is 89.2 Å². The molecule has 0 aromatic heterocycles. The zero-order valence-corrected chi connectivity index (χ0v) is 26.1. The Hall–Kier alpha value is -3.41.